The molecule has 0 aliphatic carbocycles. The summed E-state index contributed by atoms with van der Waals surface area (Å²) in [5, 5.41) is 3.36. The minimum absolute atomic E-state index is 0.225. The summed E-state index contributed by atoms with van der Waals surface area (Å²) >= 11 is 0. The van der Waals surface area contributed by atoms with E-state index in [0.717, 1.165) is 69.0 Å². The molecule has 0 radical (unpaired) electrons. The topological polar surface area (TPSA) is 67.3 Å². The van der Waals surface area contributed by atoms with Crippen LogP contribution in [-0.4, -0.2) is 47.5 Å². The lowest BCUT2D eigenvalue weighted by Crippen LogP contribution is -2.39. The van der Waals surface area contributed by atoms with Crippen molar-refractivity contribution < 1.29 is 9.53 Å². The van der Waals surface area contributed by atoms with Crippen molar-refractivity contribution in [1.82, 2.24) is 20.2 Å². The Bertz CT molecular complexity index is 822. The number of carbonyl (C=O) groups excluding carboxylic acids is 1. The molecule has 6 heteroatoms. The minimum Gasteiger partial charge on any atom is -0.497 e. The fourth-order valence-electron chi connectivity index (χ4n) is 4.06. The van der Waals surface area contributed by atoms with E-state index in [9.17, 15) is 4.79 Å². The van der Waals surface area contributed by atoms with Gasteiger partial charge >= 0.3 is 0 Å². The van der Waals surface area contributed by atoms with E-state index in [1.807, 2.05) is 35.4 Å². The van der Waals surface area contributed by atoms with Crippen LogP contribution in [-0.2, 0) is 24.2 Å². The molecule has 4 rings (SSSR count). The molecule has 0 bridgehead atoms. The molecule has 1 aromatic heterocycles. The van der Waals surface area contributed by atoms with Crippen LogP contribution in [0.25, 0.3) is 0 Å². The number of hydrogen-bond donors (Lipinski definition) is 1. The zero-order valence-corrected chi connectivity index (χ0v) is 16.5. The summed E-state index contributed by atoms with van der Waals surface area (Å²) in [6.45, 7) is 3.41. The Hall–Kier alpha value is -2.47. The van der Waals surface area contributed by atoms with Gasteiger partial charge in [0.25, 0.3) is 0 Å². The summed E-state index contributed by atoms with van der Waals surface area (Å²) in [5.41, 5.74) is 3.54. The highest BCUT2D eigenvalue weighted by atomic mass is 16.5. The van der Waals surface area contributed by atoms with Crippen LogP contribution >= 0.6 is 0 Å². The Kier molecular flexibility index (Phi) is 5.86. The van der Waals surface area contributed by atoms with E-state index >= 15 is 0 Å². The molecule has 1 saturated heterocycles. The first-order chi connectivity index (χ1) is 13.7. The third kappa shape index (κ3) is 4.33. The lowest BCUT2D eigenvalue weighted by molar-refractivity contribution is -0.132. The molecule has 1 aromatic carbocycles. The van der Waals surface area contributed by atoms with Crippen molar-refractivity contribution in [3.63, 3.8) is 0 Å². The predicted octanol–water partition coefficient (Wildman–Crippen LogP) is 2.47. The third-order valence-corrected chi connectivity index (χ3v) is 5.75. The minimum atomic E-state index is 0.225. The maximum atomic E-state index is 12.8. The monoisotopic (exact) mass is 380 g/mol. The zero-order chi connectivity index (χ0) is 19.3. The van der Waals surface area contributed by atoms with E-state index in [2.05, 4.69) is 10.3 Å². The van der Waals surface area contributed by atoms with Crippen molar-refractivity contribution in [2.24, 2.45) is 0 Å². The molecule has 1 fully saturated rings. The van der Waals surface area contributed by atoms with Gasteiger partial charge in [0.05, 0.1) is 7.11 Å². The molecule has 0 spiro atoms. The van der Waals surface area contributed by atoms with Crippen LogP contribution in [0.4, 0.5) is 0 Å². The highest BCUT2D eigenvalue weighted by Crippen LogP contribution is 2.26. The first-order valence-electron chi connectivity index (χ1n) is 10.2. The molecule has 0 unspecified atom stereocenters. The second kappa shape index (κ2) is 8.69. The number of likely N-dealkylation sites (tertiary alicyclic amines) is 1. The van der Waals surface area contributed by atoms with Crippen molar-refractivity contribution in [3.05, 3.63) is 53.1 Å². The zero-order valence-electron chi connectivity index (χ0n) is 16.5. The van der Waals surface area contributed by atoms with Crippen LogP contribution in [0.5, 0.6) is 5.75 Å². The second-order valence-electron chi connectivity index (χ2n) is 7.65. The van der Waals surface area contributed by atoms with Crippen molar-refractivity contribution in [2.45, 2.75) is 44.6 Å². The Morgan fingerprint density at radius 3 is 3.00 bits per heavy atom. The van der Waals surface area contributed by atoms with Crippen LogP contribution in [0.1, 0.15) is 47.8 Å². The number of methoxy groups -OCH3 is 1. The molecular formula is C22H28N4O2. The molecule has 28 heavy (non-hydrogen) atoms. The Labute approximate surface area is 166 Å². The molecule has 2 aromatic rings. The number of aryl methyl sites for hydroxylation is 1. The molecular weight excluding hydrogens is 352 g/mol. The molecule has 2 aliphatic heterocycles. The third-order valence-electron chi connectivity index (χ3n) is 5.75. The van der Waals surface area contributed by atoms with Gasteiger partial charge in [-0.2, -0.15) is 0 Å². The van der Waals surface area contributed by atoms with E-state index in [1.165, 1.54) is 11.3 Å². The Morgan fingerprint density at radius 1 is 1.32 bits per heavy atom. The predicted molar refractivity (Wildman–Crippen MR) is 107 cm³/mol. The fraction of sp³-hybridized carbons (Fsp3) is 0.500. The SMILES string of the molecule is COc1ccc(CCC(=O)N2CCC[C@H](c3ncc4c(n3)CCNC4)C2)cc1. The molecule has 0 saturated carbocycles. The lowest BCUT2D eigenvalue weighted by atomic mass is 9.96. The number of fused-ring (bicyclic) bond motifs is 1. The standard InChI is InChI=1S/C22H28N4O2/c1-28-19-7-4-16(5-8-19)6-9-21(27)26-12-2-3-17(15-26)22-24-14-18-13-23-11-10-20(18)25-22/h4-5,7-8,14,17,23H,2-3,6,9-13,15H2,1H3/t17-/m0/s1. The lowest BCUT2D eigenvalue weighted by Gasteiger charge is -2.32. The van der Waals surface area contributed by atoms with Gasteiger partial charge in [0.2, 0.25) is 5.91 Å². The van der Waals surface area contributed by atoms with E-state index < -0.39 is 0 Å². The molecule has 1 atom stereocenters. The Morgan fingerprint density at radius 2 is 2.18 bits per heavy atom. The highest BCUT2D eigenvalue weighted by molar-refractivity contribution is 5.76. The van der Waals surface area contributed by atoms with Crippen LogP contribution in [0.15, 0.2) is 30.5 Å². The van der Waals surface area contributed by atoms with Gasteiger partial charge in [-0.1, -0.05) is 12.1 Å². The van der Waals surface area contributed by atoms with Crippen LogP contribution in [0.3, 0.4) is 0 Å². The van der Waals surface area contributed by atoms with Gasteiger partial charge in [0.15, 0.2) is 0 Å². The number of hydrogen-bond acceptors (Lipinski definition) is 5. The van der Waals surface area contributed by atoms with Gasteiger partial charge in [0, 0.05) is 62.4 Å². The molecule has 2 aliphatic rings. The summed E-state index contributed by atoms with van der Waals surface area (Å²) < 4.78 is 5.19. The van der Waals surface area contributed by atoms with E-state index in [1.54, 1.807) is 7.11 Å². The van der Waals surface area contributed by atoms with E-state index in [-0.39, 0.29) is 11.8 Å². The average Bonchev–Trinajstić information content (AvgIpc) is 2.77. The van der Waals surface area contributed by atoms with Crippen LogP contribution < -0.4 is 10.1 Å². The highest BCUT2D eigenvalue weighted by Gasteiger charge is 2.27. The maximum Gasteiger partial charge on any atom is 0.222 e. The fourth-order valence-corrected chi connectivity index (χ4v) is 4.06. The van der Waals surface area contributed by atoms with Crippen LogP contribution in [0.2, 0.25) is 0 Å². The first kappa shape index (κ1) is 18.9. The number of nitrogens with zero attached hydrogens (tertiary/aromatic N) is 3. The van der Waals surface area contributed by atoms with Crippen molar-refractivity contribution in [1.29, 1.82) is 0 Å². The summed E-state index contributed by atoms with van der Waals surface area (Å²) in [6.07, 6.45) is 6.29. The van der Waals surface area contributed by atoms with Crippen LogP contribution in [0, 0.1) is 0 Å². The first-order valence-corrected chi connectivity index (χ1v) is 10.2. The van der Waals surface area contributed by atoms with Crippen molar-refractivity contribution >= 4 is 5.91 Å². The van der Waals surface area contributed by atoms with Gasteiger partial charge < -0.3 is 15.0 Å². The summed E-state index contributed by atoms with van der Waals surface area (Å²) in [7, 11) is 1.66. The normalized spacial score (nSPS) is 19.2. The molecule has 6 nitrogen and oxygen atoms in total. The molecule has 1 N–H and O–H groups in total. The summed E-state index contributed by atoms with van der Waals surface area (Å²) in [4.78, 5) is 24.2. The number of rotatable bonds is 5. The summed E-state index contributed by atoms with van der Waals surface area (Å²) in [6, 6.07) is 7.95. The van der Waals surface area contributed by atoms with Gasteiger partial charge in [0.1, 0.15) is 11.6 Å². The van der Waals surface area contributed by atoms with Gasteiger partial charge in [-0.15, -0.1) is 0 Å². The Balaban J connectivity index is 1.35. The number of carbonyl (C=O) groups is 1. The molecule has 148 valence electrons. The average molecular weight is 380 g/mol. The number of ether oxygens (including phenoxy) is 1. The van der Waals surface area contributed by atoms with Gasteiger partial charge in [-0.3, -0.25) is 4.79 Å². The van der Waals surface area contributed by atoms with E-state index in [0.29, 0.717) is 6.42 Å². The van der Waals surface area contributed by atoms with Crippen molar-refractivity contribution in [2.75, 3.05) is 26.7 Å². The second-order valence-corrected chi connectivity index (χ2v) is 7.65. The number of aromatic nitrogens is 2. The quantitative estimate of drug-likeness (QED) is 0.863. The number of amides is 1. The van der Waals surface area contributed by atoms with Gasteiger partial charge in [-0.05, 0) is 37.0 Å². The van der Waals surface area contributed by atoms with Gasteiger partial charge in [-0.25, -0.2) is 9.97 Å². The maximum absolute atomic E-state index is 12.8. The van der Waals surface area contributed by atoms with Crippen molar-refractivity contribution in [3.8, 4) is 5.75 Å². The smallest absolute Gasteiger partial charge is 0.222 e. The number of benzene rings is 1. The summed E-state index contributed by atoms with van der Waals surface area (Å²) in [5.74, 6) is 2.23. The molecule has 3 heterocycles. The largest absolute Gasteiger partial charge is 0.497 e. The number of nitrogens with one attached hydrogen (secondary N) is 1. The van der Waals surface area contributed by atoms with E-state index in [4.69, 9.17) is 9.72 Å². The number of piperidine rings is 1. The molecule has 1 amide bonds.